The van der Waals surface area contributed by atoms with E-state index in [0.29, 0.717) is 29.7 Å². The quantitative estimate of drug-likeness (QED) is 0.581. The van der Waals surface area contributed by atoms with Crippen LogP contribution in [0, 0.1) is 0 Å². The van der Waals surface area contributed by atoms with Gasteiger partial charge >= 0.3 is 0 Å². The summed E-state index contributed by atoms with van der Waals surface area (Å²) in [5.74, 6) is 2.25. The zero-order valence-electron chi connectivity index (χ0n) is 12.5. The first kappa shape index (κ1) is 15.5. The average molecular weight is 312 g/mol. The van der Waals surface area contributed by atoms with Gasteiger partial charge in [-0.15, -0.1) is 11.6 Å². The molecule has 1 aromatic heterocycles. The Labute approximate surface area is 129 Å². The zero-order valence-corrected chi connectivity index (χ0v) is 13.3. The first-order valence-electron chi connectivity index (χ1n) is 6.62. The summed E-state index contributed by atoms with van der Waals surface area (Å²) in [6.45, 7) is 1.26. The van der Waals surface area contributed by atoms with Gasteiger partial charge in [0.2, 0.25) is 12.1 Å². The number of hydrogen-bond donors (Lipinski definition) is 0. The largest absolute Gasteiger partial charge is 0.493 e. The van der Waals surface area contributed by atoms with Crippen molar-refractivity contribution >= 4 is 11.6 Å². The average Bonchev–Trinajstić information content (AvgIpc) is 2.92. The van der Waals surface area contributed by atoms with Gasteiger partial charge in [0.1, 0.15) is 25.5 Å². The minimum Gasteiger partial charge on any atom is -0.493 e. The molecule has 0 N–H and O–H groups in total. The highest BCUT2D eigenvalue weighted by Crippen LogP contribution is 2.38. The maximum absolute atomic E-state index is 5.87. The number of rotatable bonds is 7. The van der Waals surface area contributed by atoms with E-state index in [9.17, 15) is 0 Å². The van der Waals surface area contributed by atoms with Gasteiger partial charge in [-0.1, -0.05) is 0 Å². The van der Waals surface area contributed by atoms with E-state index in [-0.39, 0.29) is 0 Å². The molecule has 21 heavy (non-hydrogen) atoms. The van der Waals surface area contributed by atoms with Crippen LogP contribution in [0.25, 0.3) is 0 Å². The van der Waals surface area contributed by atoms with Crippen molar-refractivity contribution in [1.29, 1.82) is 0 Å². The maximum Gasteiger partial charge on any atom is 0.243 e. The van der Waals surface area contributed by atoms with E-state index in [0.717, 1.165) is 12.1 Å². The van der Waals surface area contributed by atoms with Gasteiger partial charge in [0.05, 0.1) is 21.3 Å². The molecule has 6 heteroatoms. The van der Waals surface area contributed by atoms with Crippen molar-refractivity contribution in [3.8, 4) is 17.2 Å². The second-order valence-electron chi connectivity index (χ2n) is 4.63. The van der Waals surface area contributed by atoms with Crippen molar-refractivity contribution in [3.05, 3.63) is 36.4 Å². The predicted molar refractivity (Wildman–Crippen MR) is 80.2 cm³/mol. The van der Waals surface area contributed by atoms with Crippen molar-refractivity contribution in [1.82, 2.24) is 4.57 Å². The topological polar surface area (TPSA) is 36.5 Å². The van der Waals surface area contributed by atoms with Crippen LogP contribution in [0.2, 0.25) is 0 Å². The summed E-state index contributed by atoms with van der Waals surface area (Å²) in [5.41, 5.74) is 0.926. The van der Waals surface area contributed by atoms with Crippen molar-refractivity contribution in [2.45, 2.75) is 12.4 Å². The summed E-state index contributed by atoms with van der Waals surface area (Å²) in [6, 6.07) is 3.72. The van der Waals surface area contributed by atoms with Crippen LogP contribution in [0.5, 0.6) is 17.2 Å². The number of benzene rings is 1. The lowest BCUT2D eigenvalue weighted by molar-refractivity contribution is -0.671. The van der Waals surface area contributed by atoms with Crippen molar-refractivity contribution in [2.24, 2.45) is 7.05 Å². The van der Waals surface area contributed by atoms with Crippen molar-refractivity contribution in [2.75, 3.05) is 20.8 Å². The summed E-state index contributed by atoms with van der Waals surface area (Å²) < 4.78 is 20.6. The van der Waals surface area contributed by atoms with Gasteiger partial charge in [0.25, 0.3) is 0 Å². The maximum atomic E-state index is 5.87. The van der Waals surface area contributed by atoms with Gasteiger partial charge in [-0.3, -0.25) is 0 Å². The molecule has 0 bridgehead atoms. The molecule has 0 aliphatic carbocycles. The molecular weight excluding hydrogens is 292 g/mol. The number of hydrogen-bond acceptors (Lipinski definition) is 3. The third kappa shape index (κ3) is 3.82. The molecular formula is C15H20ClN2O3+. The summed E-state index contributed by atoms with van der Waals surface area (Å²) >= 11 is 5.87. The highest BCUT2D eigenvalue weighted by atomic mass is 35.5. The van der Waals surface area contributed by atoms with Crippen LogP contribution < -0.4 is 18.8 Å². The summed E-state index contributed by atoms with van der Waals surface area (Å²) in [4.78, 5) is 0. The second kappa shape index (κ2) is 7.22. The predicted octanol–water partition coefficient (Wildman–Crippen LogP) is 2.15. The van der Waals surface area contributed by atoms with Crippen LogP contribution in [0.3, 0.4) is 0 Å². The van der Waals surface area contributed by atoms with Gasteiger partial charge in [0, 0.05) is 5.88 Å². The molecule has 1 heterocycles. The highest BCUT2D eigenvalue weighted by Gasteiger charge is 2.14. The van der Waals surface area contributed by atoms with E-state index >= 15 is 0 Å². The van der Waals surface area contributed by atoms with E-state index in [4.69, 9.17) is 25.8 Å². The minimum atomic E-state index is 0.396. The number of ether oxygens (including phenoxy) is 3. The first-order chi connectivity index (χ1) is 10.2. The number of alkyl halides is 1. The Morgan fingerprint density at radius 3 is 2.33 bits per heavy atom. The molecule has 0 saturated carbocycles. The second-order valence-corrected chi connectivity index (χ2v) is 4.90. The number of methoxy groups -OCH3 is 2. The van der Waals surface area contributed by atoms with E-state index < -0.39 is 0 Å². The van der Waals surface area contributed by atoms with Gasteiger partial charge in [0.15, 0.2) is 11.5 Å². The lowest BCUT2D eigenvalue weighted by Gasteiger charge is -2.15. The van der Waals surface area contributed by atoms with Crippen LogP contribution in [-0.2, 0) is 19.5 Å². The fourth-order valence-electron chi connectivity index (χ4n) is 2.04. The Hall–Kier alpha value is -1.88. The van der Waals surface area contributed by atoms with Crippen molar-refractivity contribution in [3.63, 3.8) is 0 Å². The van der Waals surface area contributed by atoms with Gasteiger partial charge < -0.3 is 14.2 Å². The highest BCUT2D eigenvalue weighted by molar-refractivity contribution is 6.17. The van der Waals surface area contributed by atoms with Crippen LogP contribution in [0.1, 0.15) is 5.56 Å². The fourth-order valence-corrected chi connectivity index (χ4v) is 2.20. The minimum absolute atomic E-state index is 0.396. The Kier molecular flexibility index (Phi) is 5.33. The molecule has 2 aromatic rings. The Morgan fingerprint density at radius 1 is 1.19 bits per heavy atom. The fraction of sp³-hybridized carbons (Fsp3) is 0.400. The van der Waals surface area contributed by atoms with Crippen molar-refractivity contribution < 1.29 is 18.8 Å². The number of halogens is 1. The van der Waals surface area contributed by atoms with E-state index in [1.54, 1.807) is 14.2 Å². The first-order valence-corrected chi connectivity index (χ1v) is 7.16. The van der Waals surface area contributed by atoms with Crippen LogP contribution in [0.15, 0.2) is 30.9 Å². The number of nitrogens with zero attached hydrogens (tertiary/aromatic N) is 2. The summed E-state index contributed by atoms with van der Waals surface area (Å²) in [6.07, 6.45) is 5.97. The smallest absolute Gasteiger partial charge is 0.243 e. The number of aromatic nitrogens is 2. The van der Waals surface area contributed by atoms with Crippen LogP contribution >= 0.6 is 11.6 Å². The lowest BCUT2D eigenvalue weighted by atomic mass is 10.2. The molecule has 0 spiro atoms. The van der Waals surface area contributed by atoms with E-state index in [2.05, 4.69) is 0 Å². The van der Waals surface area contributed by atoms with Gasteiger partial charge in [-0.2, -0.15) is 0 Å². The molecule has 114 valence electrons. The molecule has 0 aliphatic heterocycles. The molecule has 0 radical (unpaired) electrons. The molecule has 5 nitrogen and oxygen atoms in total. The summed E-state index contributed by atoms with van der Waals surface area (Å²) in [7, 11) is 5.19. The zero-order chi connectivity index (χ0) is 15.2. The van der Waals surface area contributed by atoms with Crippen LogP contribution in [-0.4, -0.2) is 25.4 Å². The third-order valence-electron chi connectivity index (χ3n) is 3.09. The molecule has 0 amide bonds. The van der Waals surface area contributed by atoms with Crippen LogP contribution in [0.4, 0.5) is 0 Å². The summed E-state index contributed by atoms with van der Waals surface area (Å²) in [5, 5.41) is 0. The molecule has 0 saturated heterocycles. The van der Waals surface area contributed by atoms with Gasteiger partial charge in [-0.25, -0.2) is 9.13 Å². The number of aryl methyl sites for hydroxylation is 1. The third-order valence-corrected chi connectivity index (χ3v) is 3.40. The standard InChI is InChI=1S/C15H20ClN2O3/c1-17-4-5-18(11-17)6-7-21-15-13(19-2)8-12(10-16)9-14(15)20-3/h4-5,8-9,11H,6-7,10H2,1-3H3/q+1. The monoisotopic (exact) mass is 311 g/mol. The Bertz CT molecular complexity index is 573. The number of imidazole rings is 1. The Balaban J connectivity index is 2.10. The molecule has 2 rings (SSSR count). The SMILES string of the molecule is COc1cc(CCl)cc(OC)c1OCCn1cc[n+](C)c1. The molecule has 0 aliphatic rings. The molecule has 1 aromatic carbocycles. The molecule has 0 fully saturated rings. The molecule has 0 atom stereocenters. The molecule has 0 unspecified atom stereocenters. The van der Waals surface area contributed by atoms with Gasteiger partial charge in [-0.05, 0) is 17.7 Å². The van der Waals surface area contributed by atoms with E-state index in [1.807, 2.05) is 47.0 Å². The Morgan fingerprint density at radius 2 is 1.86 bits per heavy atom. The van der Waals surface area contributed by atoms with E-state index in [1.165, 1.54) is 0 Å². The lowest BCUT2D eigenvalue weighted by Crippen LogP contribution is -2.24. The normalized spacial score (nSPS) is 10.5.